The SMILES string of the molecule is CC(NC(=NCC(=O)N(C)C)NCCCN1CCCCC1C)c1ccccc1. The predicted molar refractivity (Wildman–Crippen MR) is 116 cm³/mol. The Kier molecular flexibility index (Phi) is 9.28. The summed E-state index contributed by atoms with van der Waals surface area (Å²) < 4.78 is 0. The van der Waals surface area contributed by atoms with Gasteiger partial charge in [-0.2, -0.15) is 0 Å². The number of carbonyl (C=O) groups is 1. The molecule has 1 saturated heterocycles. The first kappa shape index (κ1) is 22.2. The van der Waals surface area contributed by atoms with Gasteiger partial charge in [0.1, 0.15) is 6.54 Å². The number of nitrogens with zero attached hydrogens (tertiary/aromatic N) is 3. The van der Waals surface area contributed by atoms with Gasteiger partial charge in [0.15, 0.2) is 5.96 Å². The van der Waals surface area contributed by atoms with E-state index in [1.54, 1.807) is 19.0 Å². The molecule has 2 N–H and O–H groups in total. The molecule has 0 bridgehead atoms. The Balaban J connectivity index is 1.88. The van der Waals surface area contributed by atoms with Gasteiger partial charge in [-0.1, -0.05) is 36.8 Å². The molecule has 2 atom stereocenters. The van der Waals surface area contributed by atoms with Crippen molar-refractivity contribution in [2.24, 2.45) is 4.99 Å². The lowest BCUT2D eigenvalue weighted by atomic mass is 10.0. The van der Waals surface area contributed by atoms with Gasteiger partial charge >= 0.3 is 0 Å². The molecule has 0 radical (unpaired) electrons. The molecule has 1 aliphatic rings. The molecule has 0 saturated carbocycles. The van der Waals surface area contributed by atoms with Crippen LogP contribution in [0.4, 0.5) is 0 Å². The number of aliphatic imine (C=N–C) groups is 1. The zero-order valence-corrected chi connectivity index (χ0v) is 17.9. The van der Waals surface area contributed by atoms with Crippen molar-refractivity contribution in [3.63, 3.8) is 0 Å². The monoisotopic (exact) mass is 387 g/mol. The number of nitrogens with one attached hydrogen (secondary N) is 2. The summed E-state index contributed by atoms with van der Waals surface area (Å²) in [6, 6.07) is 11.1. The molecule has 1 heterocycles. The molecule has 1 aromatic carbocycles. The Bertz CT molecular complexity index is 617. The molecule has 28 heavy (non-hydrogen) atoms. The highest BCUT2D eigenvalue weighted by Gasteiger charge is 2.17. The van der Waals surface area contributed by atoms with Crippen molar-refractivity contribution in [1.82, 2.24) is 20.4 Å². The Morgan fingerprint density at radius 2 is 2.04 bits per heavy atom. The third-order valence-corrected chi connectivity index (χ3v) is 5.38. The highest BCUT2D eigenvalue weighted by atomic mass is 16.2. The maximum Gasteiger partial charge on any atom is 0.243 e. The predicted octanol–water partition coefficient (Wildman–Crippen LogP) is 2.64. The largest absolute Gasteiger partial charge is 0.356 e. The highest BCUT2D eigenvalue weighted by Crippen LogP contribution is 2.16. The normalized spacial score (nSPS) is 19.1. The smallest absolute Gasteiger partial charge is 0.243 e. The van der Waals surface area contributed by atoms with Gasteiger partial charge in [0.05, 0.1) is 6.04 Å². The van der Waals surface area contributed by atoms with Gasteiger partial charge in [0, 0.05) is 33.2 Å². The fourth-order valence-corrected chi connectivity index (χ4v) is 3.45. The van der Waals surface area contributed by atoms with E-state index < -0.39 is 0 Å². The lowest BCUT2D eigenvalue weighted by Crippen LogP contribution is -2.42. The van der Waals surface area contributed by atoms with E-state index >= 15 is 0 Å². The van der Waals surface area contributed by atoms with Gasteiger partial charge in [0.25, 0.3) is 0 Å². The molecule has 2 unspecified atom stereocenters. The Labute approximate surface area is 170 Å². The standard InChI is InChI=1S/C22H37N5O/c1-18-11-8-9-15-27(18)16-10-14-23-22(24-17-21(28)26(3)4)25-19(2)20-12-6-5-7-13-20/h5-7,12-13,18-19H,8-11,14-17H2,1-4H3,(H2,23,24,25). The number of likely N-dealkylation sites (N-methyl/N-ethyl adjacent to an activating group) is 1. The van der Waals surface area contributed by atoms with E-state index in [4.69, 9.17) is 0 Å². The zero-order valence-electron chi connectivity index (χ0n) is 17.9. The van der Waals surface area contributed by atoms with E-state index in [0.717, 1.165) is 19.5 Å². The molecule has 156 valence electrons. The number of guanidine groups is 1. The summed E-state index contributed by atoms with van der Waals surface area (Å²) in [7, 11) is 3.51. The number of piperidine rings is 1. The molecule has 2 rings (SSSR count). The van der Waals surface area contributed by atoms with E-state index in [2.05, 4.69) is 46.5 Å². The van der Waals surface area contributed by atoms with Gasteiger partial charge in [-0.25, -0.2) is 4.99 Å². The number of likely N-dealkylation sites (tertiary alicyclic amines) is 1. The number of carbonyl (C=O) groups excluding carboxylic acids is 1. The van der Waals surface area contributed by atoms with Crippen molar-refractivity contribution in [2.75, 3.05) is 40.3 Å². The fraction of sp³-hybridized carbons (Fsp3) is 0.636. The van der Waals surface area contributed by atoms with Crippen LogP contribution in [0.1, 0.15) is 51.1 Å². The average molecular weight is 388 g/mol. The van der Waals surface area contributed by atoms with Crippen molar-refractivity contribution in [1.29, 1.82) is 0 Å². The first-order valence-electron chi connectivity index (χ1n) is 10.5. The van der Waals surface area contributed by atoms with Gasteiger partial charge in [-0.3, -0.25) is 4.79 Å². The Hall–Kier alpha value is -2.08. The van der Waals surface area contributed by atoms with Crippen molar-refractivity contribution >= 4 is 11.9 Å². The third kappa shape index (κ3) is 7.50. The first-order valence-corrected chi connectivity index (χ1v) is 10.5. The number of benzene rings is 1. The van der Waals surface area contributed by atoms with E-state index in [1.165, 1.54) is 31.4 Å². The number of hydrogen-bond acceptors (Lipinski definition) is 3. The molecule has 1 aromatic rings. The van der Waals surface area contributed by atoms with Crippen molar-refractivity contribution in [3.8, 4) is 0 Å². The second-order valence-corrected chi connectivity index (χ2v) is 7.89. The molecule has 6 nitrogen and oxygen atoms in total. The van der Waals surface area contributed by atoms with Crippen LogP contribution in [0, 0.1) is 0 Å². The summed E-state index contributed by atoms with van der Waals surface area (Å²) >= 11 is 0. The minimum absolute atomic E-state index is 0.00407. The summed E-state index contributed by atoms with van der Waals surface area (Å²) in [6.07, 6.45) is 5.04. The third-order valence-electron chi connectivity index (χ3n) is 5.38. The van der Waals surface area contributed by atoms with E-state index in [1.807, 2.05) is 18.2 Å². The number of hydrogen-bond donors (Lipinski definition) is 2. The minimum atomic E-state index is -0.00407. The lowest BCUT2D eigenvalue weighted by molar-refractivity contribution is -0.127. The van der Waals surface area contributed by atoms with Gasteiger partial charge < -0.3 is 20.4 Å². The van der Waals surface area contributed by atoms with Crippen molar-refractivity contribution in [2.45, 2.75) is 51.6 Å². The van der Waals surface area contributed by atoms with Crippen LogP contribution in [-0.2, 0) is 4.79 Å². The summed E-state index contributed by atoms with van der Waals surface area (Å²) in [5, 5.41) is 6.84. The van der Waals surface area contributed by atoms with E-state index in [-0.39, 0.29) is 18.5 Å². The van der Waals surface area contributed by atoms with Crippen LogP contribution in [0.15, 0.2) is 35.3 Å². The van der Waals surface area contributed by atoms with Crippen LogP contribution in [0.3, 0.4) is 0 Å². The topological polar surface area (TPSA) is 60.0 Å². The molecule has 6 heteroatoms. The Morgan fingerprint density at radius 3 is 2.71 bits per heavy atom. The van der Waals surface area contributed by atoms with Gasteiger partial charge in [-0.15, -0.1) is 0 Å². The highest BCUT2D eigenvalue weighted by molar-refractivity contribution is 5.85. The molecule has 1 fully saturated rings. The van der Waals surface area contributed by atoms with Crippen LogP contribution in [0.25, 0.3) is 0 Å². The molecular weight excluding hydrogens is 350 g/mol. The van der Waals surface area contributed by atoms with Gasteiger partial charge in [0.2, 0.25) is 5.91 Å². The first-order chi connectivity index (χ1) is 13.5. The summed E-state index contributed by atoms with van der Waals surface area (Å²) in [4.78, 5) is 20.6. The number of rotatable bonds is 8. The quantitative estimate of drug-likeness (QED) is 0.409. The van der Waals surface area contributed by atoms with Crippen LogP contribution in [0.5, 0.6) is 0 Å². The van der Waals surface area contributed by atoms with Crippen molar-refractivity contribution < 1.29 is 4.79 Å². The summed E-state index contributed by atoms with van der Waals surface area (Å²) in [5.74, 6) is 0.689. The number of amides is 1. The molecule has 1 amide bonds. The molecular formula is C22H37N5O. The Morgan fingerprint density at radius 1 is 1.29 bits per heavy atom. The maximum absolute atomic E-state index is 11.9. The second-order valence-electron chi connectivity index (χ2n) is 7.89. The fourth-order valence-electron chi connectivity index (χ4n) is 3.45. The average Bonchev–Trinajstić information content (AvgIpc) is 2.70. The molecule has 0 aliphatic carbocycles. The molecule has 1 aliphatic heterocycles. The van der Waals surface area contributed by atoms with Crippen molar-refractivity contribution in [3.05, 3.63) is 35.9 Å². The van der Waals surface area contributed by atoms with E-state index in [9.17, 15) is 4.79 Å². The summed E-state index contributed by atoms with van der Waals surface area (Å²) in [6.45, 7) is 7.74. The molecule has 0 aromatic heterocycles. The second kappa shape index (κ2) is 11.7. The zero-order chi connectivity index (χ0) is 20.4. The van der Waals surface area contributed by atoms with Crippen LogP contribution < -0.4 is 10.6 Å². The van der Waals surface area contributed by atoms with Crippen LogP contribution in [0.2, 0.25) is 0 Å². The maximum atomic E-state index is 11.9. The van der Waals surface area contributed by atoms with E-state index in [0.29, 0.717) is 12.0 Å². The summed E-state index contributed by atoms with van der Waals surface area (Å²) in [5.41, 5.74) is 1.19. The lowest BCUT2D eigenvalue weighted by Gasteiger charge is -2.33. The van der Waals surface area contributed by atoms with Gasteiger partial charge in [-0.05, 0) is 45.2 Å². The minimum Gasteiger partial charge on any atom is -0.356 e. The van der Waals surface area contributed by atoms with Crippen LogP contribution in [-0.4, -0.2) is 68.0 Å². The molecule has 0 spiro atoms. The van der Waals surface area contributed by atoms with Crippen LogP contribution >= 0.6 is 0 Å².